The van der Waals surface area contributed by atoms with E-state index in [1.165, 1.54) is 18.2 Å². The van der Waals surface area contributed by atoms with Gasteiger partial charge in [0.1, 0.15) is 22.0 Å². The van der Waals surface area contributed by atoms with E-state index in [-0.39, 0.29) is 27.0 Å². The lowest BCUT2D eigenvalue weighted by atomic mass is 10.0. The van der Waals surface area contributed by atoms with Gasteiger partial charge in [0, 0.05) is 16.5 Å². The van der Waals surface area contributed by atoms with E-state index in [9.17, 15) is 22.9 Å². The Labute approximate surface area is 234 Å². The standard InChI is InChI=1S/C27H23Cl2N3O6S/c1-3-15-12-24(39(35,36)37)23(14-20(15)28)31-32-25-18-8-6-5-7-16(18)11-19(26(25)33)27(34)30-22-10-9-17(38-4-2)13-21(22)29/h5-14,33H,3-4H2,1-2H3,(H,30,34)(H,35,36,37). The fourth-order valence-electron chi connectivity index (χ4n) is 3.88. The maximum atomic E-state index is 13.2. The van der Waals surface area contributed by atoms with Crippen molar-refractivity contribution < 1.29 is 27.6 Å². The molecule has 3 N–H and O–H groups in total. The fourth-order valence-corrected chi connectivity index (χ4v) is 5.04. The van der Waals surface area contributed by atoms with Gasteiger partial charge in [-0.05, 0) is 54.6 Å². The molecule has 0 aromatic heterocycles. The van der Waals surface area contributed by atoms with Crippen molar-refractivity contribution in [3.8, 4) is 11.5 Å². The average Bonchev–Trinajstić information content (AvgIpc) is 2.89. The summed E-state index contributed by atoms with van der Waals surface area (Å²) in [6, 6.07) is 15.6. The number of halogens is 2. The molecule has 0 heterocycles. The van der Waals surface area contributed by atoms with Gasteiger partial charge in [0.25, 0.3) is 16.0 Å². The van der Waals surface area contributed by atoms with Crippen LogP contribution >= 0.6 is 23.2 Å². The molecule has 0 aliphatic carbocycles. The third-order valence-corrected chi connectivity index (χ3v) is 7.33. The number of phenolic OH excluding ortho intramolecular Hbond substituents is 1. The maximum absolute atomic E-state index is 13.2. The van der Waals surface area contributed by atoms with Crippen molar-refractivity contribution in [3.05, 3.63) is 81.8 Å². The number of aromatic hydroxyl groups is 1. The normalized spacial score (nSPS) is 11.7. The summed E-state index contributed by atoms with van der Waals surface area (Å²) in [5.41, 5.74) is 0.335. The zero-order valence-electron chi connectivity index (χ0n) is 20.8. The summed E-state index contributed by atoms with van der Waals surface area (Å²) in [6.07, 6.45) is 0.416. The first kappa shape index (κ1) is 28.3. The molecule has 4 rings (SSSR count). The molecular weight excluding hydrogens is 565 g/mol. The highest BCUT2D eigenvalue weighted by Gasteiger charge is 2.21. The van der Waals surface area contributed by atoms with Crippen LogP contribution in [0, 0.1) is 0 Å². The Kier molecular flexibility index (Phi) is 8.41. The molecule has 39 heavy (non-hydrogen) atoms. The first-order chi connectivity index (χ1) is 18.5. The lowest BCUT2D eigenvalue weighted by Gasteiger charge is -2.13. The summed E-state index contributed by atoms with van der Waals surface area (Å²) >= 11 is 12.5. The second kappa shape index (κ2) is 11.6. The number of rotatable bonds is 8. The van der Waals surface area contributed by atoms with Crippen LogP contribution in [0.3, 0.4) is 0 Å². The second-order valence-corrected chi connectivity index (χ2v) is 10.5. The Morgan fingerprint density at radius 3 is 2.41 bits per heavy atom. The predicted molar refractivity (Wildman–Crippen MR) is 151 cm³/mol. The number of aryl methyl sites for hydroxylation is 1. The van der Waals surface area contributed by atoms with Crippen LogP contribution in [0.2, 0.25) is 10.0 Å². The van der Waals surface area contributed by atoms with E-state index >= 15 is 0 Å². The van der Waals surface area contributed by atoms with Crippen molar-refractivity contribution >= 4 is 67.1 Å². The SMILES string of the molecule is CCOc1ccc(NC(=O)c2cc3ccccc3c(N=Nc3cc(Cl)c(CC)cc3S(=O)(=O)O)c2O)c(Cl)c1. The molecule has 0 aliphatic rings. The largest absolute Gasteiger partial charge is 0.505 e. The number of ether oxygens (including phenoxy) is 1. The van der Waals surface area contributed by atoms with Gasteiger partial charge in [-0.15, -0.1) is 10.2 Å². The number of amides is 1. The minimum Gasteiger partial charge on any atom is -0.505 e. The molecule has 0 aliphatic heterocycles. The summed E-state index contributed by atoms with van der Waals surface area (Å²) in [6.45, 7) is 4.06. The Morgan fingerprint density at radius 1 is 1.00 bits per heavy atom. The highest BCUT2D eigenvalue weighted by Crippen LogP contribution is 2.41. The van der Waals surface area contributed by atoms with E-state index < -0.39 is 26.7 Å². The first-order valence-electron chi connectivity index (χ1n) is 11.7. The number of hydrogen-bond acceptors (Lipinski definition) is 7. The van der Waals surface area contributed by atoms with Crippen molar-refractivity contribution in [2.75, 3.05) is 11.9 Å². The first-order valence-corrected chi connectivity index (χ1v) is 13.9. The number of phenols is 1. The van der Waals surface area contributed by atoms with Crippen molar-refractivity contribution in [2.45, 2.75) is 25.2 Å². The van der Waals surface area contributed by atoms with Crippen molar-refractivity contribution in [1.29, 1.82) is 0 Å². The van der Waals surface area contributed by atoms with Crippen LogP contribution in [0.1, 0.15) is 29.8 Å². The van der Waals surface area contributed by atoms with Crippen molar-refractivity contribution in [2.24, 2.45) is 10.2 Å². The molecule has 0 fully saturated rings. The topological polar surface area (TPSA) is 138 Å². The molecule has 0 atom stereocenters. The van der Waals surface area contributed by atoms with E-state index in [2.05, 4.69) is 15.5 Å². The predicted octanol–water partition coefficient (Wildman–Crippen LogP) is 7.73. The molecule has 0 unspecified atom stereocenters. The summed E-state index contributed by atoms with van der Waals surface area (Å²) in [7, 11) is -4.67. The van der Waals surface area contributed by atoms with Gasteiger partial charge in [0.2, 0.25) is 0 Å². The number of hydrogen-bond donors (Lipinski definition) is 3. The van der Waals surface area contributed by atoms with Gasteiger partial charge < -0.3 is 15.2 Å². The quantitative estimate of drug-likeness (QED) is 0.142. The number of anilines is 1. The Hall–Kier alpha value is -3.70. The number of nitrogens with one attached hydrogen (secondary N) is 1. The Balaban J connectivity index is 1.80. The number of fused-ring (bicyclic) bond motifs is 1. The lowest BCUT2D eigenvalue weighted by Crippen LogP contribution is -2.12. The van der Waals surface area contributed by atoms with Gasteiger partial charge in [-0.1, -0.05) is 54.4 Å². The highest BCUT2D eigenvalue weighted by molar-refractivity contribution is 7.86. The van der Waals surface area contributed by atoms with Gasteiger partial charge in [-0.25, -0.2) is 0 Å². The summed E-state index contributed by atoms with van der Waals surface area (Å²) in [4.78, 5) is 12.7. The van der Waals surface area contributed by atoms with Crippen LogP contribution in [0.15, 0.2) is 75.8 Å². The molecule has 0 saturated heterocycles. The van der Waals surface area contributed by atoms with Gasteiger partial charge in [-0.2, -0.15) is 8.42 Å². The van der Waals surface area contributed by atoms with Gasteiger partial charge in [0.05, 0.1) is 22.9 Å². The fraction of sp³-hybridized carbons (Fsp3) is 0.148. The smallest absolute Gasteiger partial charge is 0.296 e. The molecular formula is C27H23Cl2N3O6S. The molecule has 0 spiro atoms. The van der Waals surface area contributed by atoms with E-state index in [1.54, 1.807) is 49.4 Å². The summed E-state index contributed by atoms with van der Waals surface area (Å²) < 4.78 is 39.2. The van der Waals surface area contributed by atoms with E-state index in [0.717, 1.165) is 0 Å². The number of carbonyl (C=O) groups is 1. The van der Waals surface area contributed by atoms with Gasteiger partial charge in [-0.3, -0.25) is 9.35 Å². The monoisotopic (exact) mass is 587 g/mol. The maximum Gasteiger partial charge on any atom is 0.296 e. The van der Waals surface area contributed by atoms with Crippen LogP contribution in [-0.2, 0) is 16.5 Å². The lowest BCUT2D eigenvalue weighted by molar-refractivity contribution is 0.102. The molecule has 0 saturated carbocycles. The molecule has 12 heteroatoms. The third kappa shape index (κ3) is 6.15. The number of nitrogens with zero attached hydrogens (tertiary/aromatic N) is 2. The van der Waals surface area contributed by atoms with Crippen molar-refractivity contribution in [3.63, 3.8) is 0 Å². The van der Waals surface area contributed by atoms with Gasteiger partial charge in [0.15, 0.2) is 5.75 Å². The Morgan fingerprint density at radius 2 is 1.74 bits per heavy atom. The molecule has 202 valence electrons. The molecule has 4 aromatic rings. The minimum absolute atomic E-state index is 0.0898. The van der Waals surface area contributed by atoms with Crippen LogP contribution in [-0.4, -0.2) is 30.6 Å². The summed E-state index contributed by atoms with van der Waals surface area (Å²) in [5.74, 6) is -0.635. The average molecular weight is 588 g/mol. The number of azo groups is 1. The minimum atomic E-state index is -4.67. The zero-order valence-corrected chi connectivity index (χ0v) is 23.1. The van der Waals surface area contributed by atoms with E-state index in [4.69, 9.17) is 27.9 Å². The van der Waals surface area contributed by atoms with Gasteiger partial charge >= 0.3 is 0 Å². The molecule has 4 aromatic carbocycles. The van der Waals surface area contributed by atoms with Crippen molar-refractivity contribution in [1.82, 2.24) is 0 Å². The molecule has 0 radical (unpaired) electrons. The number of carbonyl (C=O) groups excluding carboxylic acids is 1. The molecule has 0 bridgehead atoms. The van der Waals surface area contributed by atoms with Crippen LogP contribution < -0.4 is 10.1 Å². The number of benzene rings is 4. The van der Waals surface area contributed by atoms with E-state index in [0.29, 0.717) is 40.8 Å². The van der Waals surface area contributed by atoms with Crippen LogP contribution in [0.25, 0.3) is 10.8 Å². The van der Waals surface area contributed by atoms with E-state index in [1.807, 2.05) is 6.92 Å². The molecule has 9 nitrogen and oxygen atoms in total. The Bertz CT molecular complexity index is 1720. The third-order valence-electron chi connectivity index (χ3n) is 5.78. The van der Waals surface area contributed by atoms with Crippen LogP contribution in [0.4, 0.5) is 17.1 Å². The molecule has 1 amide bonds. The van der Waals surface area contributed by atoms with Crippen LogP contribution in [0.5, 0.6) is 11.5 Å². The summed E-state index contributed by atoms with van der Waals surface area (Å²) in [5, 5.41) is 23.3. The highest BCUT2D eigenvalue weighted by atomic mass is 35.5. The second-order valence-electron chi connectivity index (χ2n) is 8.31. The zero-order chi connectivity index (χ0) is 28.3.